The minimum Gasteiger partial charge on any atom is -0.475 e. The Morgan fingerprint density at radius 2 is 2.25 bits per heavy atom. The lowest BCUT2D eigenvalue weighted by atomic mass is 10.2. The Kier molecular flexibility index (Phi) is 4.07. The number of carbonyl (C=O) groups is 2. The molecular weight excluding hydrogens is 212 g/mol. The molecule has 1 rings (SSSR count). The van der Waals surface area contributed by atoms with Crippen molar-refractivity contribution in [3.63, 3.8) is 0 Å². The average Bonchev–Trinajstić information content (AvgIpc) is 2.61. The number of carboxylic acid groups (broad SMARTS) is 1. The van der Waals surface area contributed by atoms with Gasteiger partial charge < -0.3 is 20.6 Å². The first kappa shape index (κ1) is 12.3. The van der Waals surface area contributed by atoms with Crippen LogP contribution in [0.15, 0.2) is 16.5 Å². The van der Waals surface area contributed by atoms with Crippen molar-refractivity contribution in [1.29, 1.82) is 0 Å². The van der Waals surface area contributed by atoms with Gasteiger partial charge in [0.15, 0.2) is 0 Å². The van der Waals surface area contributed by atoms with E-state index in [9.17, 15) is 9.59 Å². The van der Waals surface area contributed by atoms with Crippen LogP contribution in [0.4, 0.5) is 0 Å². The Hall–Kier alpha value is -1.82. The van der Waals surface area contributed by atoms with Crippen molar-refractivity contribution in [2.45, 2.75) is 25.9 Å². The second-order valence-electron chi connectivity index (χ2n) is 3.52. The maximum atomic E-state index is 10.6. The van der Waals surface area contributed by atoms with Crippen molar-refractivity contribution in [3.05, 3.63) is 23.7 Å². The number of rotatable bonds is 6. The molecule has 1 heterocycles. The van der Waals surface area contributed by atoms with Crippen molar-refractivity contribution in [2.24, 2.45) is 5.73 Å². The molecule has 0 bridgehead atoms. The summed E-state index contributed by atoms with van der Waals surface area (Å²) < 4.78 is 5.02. The van der Waals surface area contributed by atoms with E-state index in [4.69, 9.17) is 15.3 Å². The van der Waals surface area contributed by atoms with E-state index in [-0.39, 0.29) is 24.1 Å². The molecule has 1 amide bonds. The van der Waals surface area contributed by atoms with Crippen LogP contribution in [-0.4, -0.2) is 23.0 Å². The lowest BCUT2D eigenvalue weighted by molar-refractivity contribution is -0.118. The van der Waals surface area contributed by atoms with E-state index in [1.165, 1.54) is 6.07 Å². The summed E-state index contributed by atoms with van der Waals surface area (Å²) in [5.74, 6) is -1.07. The highest BCUT2D eigenvalue weighted by atomic mass is 16.4. The highest BCUT2D eigenvalue weighted by Gasteiger charge is 2.10. The molecule has 4 N–H and O–H groups in total. The zero-order chi connectivity index (χ0) is 12.1. The summed E-state index contributed by atoms with van der Waals surface area (Å²) in [4.78, 5) is 21.1. The van der Waals surface area contributed by atoms with Crippen molar-refractivity contribution in [1.82, 2.24) is 5.32 Å². The van der Waals surface area contributed by atoms with Gasteiger partial charge in [0.2, 0.25) is 11.7 Å². The minimum absolute atomic E-state index is 0.0733. The molecule has 1 atom stereocenters. The molecule has 0 fully saturated rings. The Morgan fingerprint density at radius 3 is 2.75 bits per heavy atom. The maximum Gasteiger partial charge on any atom is 0.371 e. The van der Waals surface area contributed by atoms with Gasteiger partial charge in [-0.2, -0.15) is 0 Å². The quantitative estimate of drug-likeness (QED) is 0.648. The lowest BCUT2D eigenvalue weighted by Gasteiger charge is -2.09. The molecule has 0 saturated heterocycles. The molecule has 0 aromatic carbocycles. The molecule has 0 aliphatic carbocycles. The van der Waals surface area contributed by atoms with E-state index in [1.54, 1.807) is 6.07 Å². The molecule has 88 valence electrons. The summed E-state index contributed by atoms with van der Waals surface area (Å²) >= 11 is 0. The van der Waals surface area contributed by atoms with E-state index in [1.807, 2.05) is 6.92 Å². The first-order valence-corrected chi connectivity index (χ1v) is 4.82. The van der Waals surface area contributed by atoms with E-state index >= 15 is 0 Å². The molecule has 6 nitrogen and oxygen atoms in total. The third-order valence-corrected chi connectivity index (χ3v) is 2.00. The number of carboxylic acids is 1. The molecule has 1 unspecified atom stereocenters. The summed E-state index contributed by atoms with van der Waals surface area (Å²) in [6, 6.07) is 2.89. The Morgan fingerprint density at radius 1 is 1.56 bits per heavy atom. The molecule has 0 saturated carbocycles. The summed E-state index contributed by atoms with van der Waals surface area (Å²) in [6.07, 6.45) is 0.229. The molecular formula is C10H14N2O4. The van der Waals surface area contributed by atoms with Crippen LogP contribution in [0.5, 0.6) is 0 Å². The van der Waals surface area contributed by atoms with Gasteiger partial charge in [0.05, 0.1) is 6.54 Å². The summed E-state index contributed by atoms with van der Waals surface area (Å²) in [5, 5.41) is 11.6. The summed E-state index contributed by atoms with van der Waals surface area (Å²) in [7, 11) is 0. The van der Waals surface area contributed by atoms with Gasteiger partial charge in [-0.3, -0.25) is 4.79 Å². The van der Waals surface area contributed by atoms with E-state index in [0.717, 1.165) is 0 Å². The summed E-state index contributed by atoms with van der Waals surface area (Å²) in [5.41, 5.74) is 5.03. The number of primary amides is 1. The number of aromatic carboxylic acids is 1. The molecule has 16 heavy (non-hydrogen) atoms. The first-order valence-electron chi connectivity index (χ1n) is 4.82. The molecule has 0 spiro atoms. The van der Waals surface area contributed by atoms with Gasteiger partial charge in [-0.15, -0.1) is 0 Å². The second-order valence-corrected chi connectivity index (χ2v) is 3.52. The fourth-order valence-corrected chi connectivity index (χ4v) is 1.24. The fourth-order valence-electron chi connectivity index (χ4n) is 1.24. The van der Waals surface area contributed by atoms with Crippen molar-refractivity contribution in [3.8, 4) is 0 Å². The van der Waals surface area contributed by atoms with Crippen LogP contribution in [0.3, 0.4) is 0 Å². The van der Waals surface area contributed by atoms with Crippen LogP contribution in [0.2, 0.25) is 0 Å². The third-order valence-electron chi connectivity index (χ3n) is 2.00. The van der Waals surface area contributed by atoms with Crippen LogP contribution in [0.1, 0.15) is 29.7 Å². The molecule has 0 aliphatic rings. The Balaban J connectivity index is 2.42. The topological polar surface area (TPSA) is 106 Å². The van der Waals surface area contributed by atoms with Crippen LogP contribution < -0.4 is 11.1 Å². The number of carbonyl (C=O) groups excluding carboxylic acids is 1. The largest absolute Gasteiger partial charge is 0.475 e. The predicted octanol–water partition coefficient (Wildman–Crippen LogP) is 0.331. The van der Waals surface area contributed by atoms with Gasteiger partial charge in [0.25, 0.3) is 0 Å². The van der Waals surface area contributed by atoms with Crippen molar-refractivity contribution in [2.75, 3.05) is 0 Å². The van der Waals surface area contributed by atoms with Crippen molar-refractivity contribution >= 4 is 11.9 Å². The Bertz CT molecular complexity index is 386. The number of amides is 1. The number of hydrogen-bond donors (Lipinski definition) is 3. The molecule has 1 aromatic rings. The normalized spacial score (nSPS) is 12.3. The van der Waals surface area contributed by atoms with Crippen LogP contribution in [0.25, 0.3) is 0 Å². The third kappa shape index (κ3) is 3.74. The van der Waals surface area contributed by atoms with Gasteiger partial charge in [0, 0.05) is 12.5 Å². The van der Waals surface area contributed by atoms with Gasteiger partial charge >= 0.3 is 5.97 Å². The van der Waals surface area contributed by atoms with Crippen LogP contribution in [-0.2, 0) is 11.3 Å². The standard InChI is InChI=1S/C10H14N2O4/c1-6(4-9(11)13)12-5-7-2-3-8(16-7)10(14)15/h2-3,6,12H,4-5H2,1H3,(H2,11,13)(H,14,15). The van der Waals surface area contributed by atoms with Gasteiger partial charge in [-0.1, -0.05) is 0 Å². The average molecular weight is 226 g/mol. The second kappa shape index (κ2) is 5.32. The van der Waals surface area contributed by atoms with E-state index in [2.05, 4.69) is 5.32 Å². The first-order chi connectivity index (χ1) is 7.49. The van der Waals surface area contributed by atoms with Gasteiger partial charge in [-0.05, 0) is 19.1 Å². The SMILES string of the molecule is CC(CC(N)=O)NCc1ccc(C(=O)O)o1. The monoisotopic (exact) mass is 226 g/mol. The smallest absolute Gasteiger partial charge is 0.371 e. The molecule has 0 aliphatic heterocycles. The predicted molar refractivity (Wildman–Crippen MR) is 55.8 cm³/mol. The van der Waals surface area contributed by atoms with Gasteiger partial charge in [-0.25, -0.2) is 4.79 Å². The maximum absolute atomic E-state index is 10.6. The van der Waals surface area contributed by atoms with Crippen molar-refractivity contribution < 1.29 is 19.1 Å². The van der Waals surface area contributed by atoms with E-state index in [0.29, 0.717) is 12.3 Å². The summed E-state index contributed by atoms with van der Waals surface area (Å²) in [6.45, 7) is 2.17. The molecule has 6 heteroatoms. The van der Waals surface area contributed by atoms with E-state index < -0.39 is 5.97 Å². The molecule has 1 aromatic heterocycles. The van der Waals surface area contributed by atoms with Crippen LogP contribution in [0, 0.1) is 0 Å². The number of furan rings is 1. The molecule has 0 radical (unpaired) electrons. The zero-order valence-corrected chi connectivity index (χ0v) is 8.90. The number of nitrogens with one attached hydrogen (secondary N) is 1. The highest BCUT2D eigenvalue weighted by Crippen LogP contribution is 2.07. The zero-order valence-electron chi connectivity index (χ0n) is 8.90. The highest BCUT2D eigenvalue weighted by molar-refractivity contribution is 5.84. The number of nitrogens with two attached hydrogens (primary N) is 1. The number of hydrogen-bond acceptors (Lipinski definition) is 4. The van der Waals surface area contributed by atoms with Crippen LogP contribution >= 0.6 is 0 Å². The fraction of sp³-hybridized carbons (Fsp3) is 0.400. The minimum atomic E-state index is -1.10. The Labute approximate surface area is 92.4 Å². The lowest BCUT2D eigenvalue weighted by Crippen LogP contribution is -2.30. The van der Waals surface area contributed by atoms with Gasteiger partial charge in [0.1, 0.15) is 5.76 Å².